The zero-order valence-corrected chi connectivity index (χ0v) is 12.4. The Kier molecular flexibility index (Phi) is 4.12. The van der Waals surface area contributed by atoms with Gasteiger partial charge >= 0.3 is 0 Å². The summed E-state index contributed by atoms with van der Waals surface area (Å²) in [5, 5.41) is 28.7. The van der Waals surface area contributed by atoms with Crippen LogP contribution in [-0.2, 0) is 4.79 Å². The summed E-state index contributed by atoms with van der Waals surface area (Å²) < 4.78 is 0. The zero-order valence-electron chi connectivity index (χ0n) is 12.4. The minimum atomic E-state index is -0.711. The molecule has 0 saturated carbocycles. The number of aromatic hydroxyl groups is 2. The van der Waals surface area contributed by atoms with E-state index in [1.807, 2.05) is 0 Å². The molecule has 1 aliphatic heterocycles. The third kappa shape index (κ3) is 2.96. The van der Waals surface area contributed by atoms with Crippen LogP contribution in [0.3, 0.4) is 0 Å². The summed E-state index contributed by atoms with van der Waals surface area (Å²) >= 11 is 0. The molecule has 0 aromatic heterocycles. The van der Waals surface area contributed by atoms with Crippen LogP contribution >= 0.6 is 0 Å². The summed E-state index contributed by atoms with van der Waals surface area (Å²) in [6.07, 6.45) is 0.485. The van der Waals surface area contributed by atoms with Crippen molar-refractivity contribution in [3.8, 4) is 11.5 Å². The van der Waals surface area contributed by atoms with Gasteiger partial charge in [-0.05, 0) is 47.9 Å². The molecule has 3 rings (SSSR count). The molecule has 1 aliphatic rings. The Morgan fingerprint density at radius 1 is 1.09 bits per heavy atom. The van der Waals surface area contributed by atoms with E-state index in [1.165, 1.54) is 0 Å². The van der Waals surface area contributed by atoms with E-state index in [1.54, 1.807) is 48.5 Å². The van der Waals surface area contributed by atoms with Crippen LogP contribution in [0.25, 0.3) is 0 Å². The second-order valence-electron chi connectivity index (χ2n) is 5.56. The monoisotopic (exact) mass is 311 g/mol. The van der Waals surface area contributed by atoms with E-state index >= 15 is 0 Å². The van der Waals surface area contributed by atoms with Crippen LogP contribution in [0.1, 0.15) is 23.5 Å². The second-order valence-corrected chi connectivity index (χ2v) is 5.56. The number of carbonyl (C=O) groups excluding carboxylic acids is 1. The highest BCUT2D eigenvalue weighted by atomic mass is 16.3. The van der Waals surface area contributed by atoms with Gasteiger partial charge in [-0.2, -0.15) is 0 Å². The van der Waals surface area contributed by atoms with Gasteiger partial charge in [0.05, 0.1) is 0 Å². The molecular formula is C18H17NO4. The number of benzene rings is 2. The summed E-state index contributed by atoms with van der Waals surface area (Å²) in [5.74, 6) is -0.394. The average Bonchev–Trinajstić information content (AvgIpc) is 3.00. The topological polar surface area (TPSA) is 90.1 Å². The third-order valence-electron chi connectivity index (χ3n) is 4.11. The quantitative estimate of drug-likeness (QED) is 0.805. The van der Waals surface area contributed by atoms with Gasteiger partial charge in [0.15, 0.2) is 5.78 Å². The van der Waals surface area contributed by atoms with E-state index in [0.717, 1.165) is 11.3 Å². The lowest BCUT2D eigenvalue weighted by Gasteiger charge is -2.17. The molecule has 5 nitrogen and oxygen atoms in total. The number of nitrogens with zero attached hydrogens (tertiary/aromatic N) is 1. The fraction of sp³-hybridized carbons (Fsp3) is 0.222. The lowest BCUT2D eigenvalue weighted by molar-refractivity contribution is -0.123. The fourth-order valence-electron chi connectivity index (χ4n) is 2.95. The minimum absolute atomic E-state index is 0.121. The van der Waals surface area contributed by atoms with E-state index in [-0.39, 0.29) is 23.2 Å². The molecule has 0 spiro atoms. The second kappa shape index (κ2) is 6.22. The first-order valence-corrected chi connectivity index (χ1v) is 7.37. The van der Waals surface area contributed by atoms with Gasteiger partial charge in [0.1, 0.15) is 24.1 Å². The van der Waals surface area contributed by atoms with Crippen molar-refractivity contribution in [1.29, 1.82) is 0 Å². The Hall–Kier alpha value is -2.66. The molecule has 2 unspecified atom stereocenters. The Morgan fingerprint density at radius 3 is 2.43 bits per heavy atom. The van der Waals surface area contributed by atoms with Crippen LogP contribution < -0.4 is 0 Å². The molecule has 118 valence electrons. The molecule has 0 saturated heterocycles. The number of carbonyl (C=O) groups is 1. The van der Waals surface area contributed by atoms with E-state index in [4.69, 9.17) is 0 Å². The van der Waals surface area contributed by atoms with Gasteiger partial charge in [-0.1, -0.05) is 18.2 Å². The van der Waals surface area contributed by atoms with E-state index in [2.05, 4.69) is 4.99 Å². The molecule has 0 fully saturated rings. The van der Waals surface area contributed by atoms with Crippen LogP contribution in [0.15, 0.2) is 53.5 Å². The number of phenolic OH excluding ortho intramolecular Hbond substituents is 2. The first-order chi connectivity index (χ1) is 11.1. The van der Waals surface area contributed by atoms with Gasteiger partial charge in [0, 0.05) is 11.6 Å². The highest BCUT2D eigenvalue weighted by Gasteiger charge is 2.36. The lowest BCUT2D eigenvalue weighted by Crippen LogP contribution is -2.25. The minimum Gasteiger partial charge on any atom is -0.508 e. The van der Waals surface area contributed by atoms with Crippen LogP contribution in [0, 0.1) is 0 Å². The molecule has 1 heterocycles. The Morgan fingerprint density at radius 2 is 1.78 bits per heavy atom. The zero-order chi connectivity index (χ0) is 16.4. The number of para-hydroxylation sites is 1. The summed E-state index contributed by atoms with van der Waals surface area (Å²) in [6.45, 7) is -0.582. The molecule has 0 bridgehead atoms. The molecule has 5 heteroatoms. The van der Waals surface area contributed by atoms with E-state index in [0.29, 0.717) is 12.0 Å². The summed E-state index contributed by atoms with van der Waals surface area (Å²) in [6, 6.07) is 12.8. The Bertz CT molecular complexity index is 752. The predicted octanol–water partition coefficient (Wildman–Crippen LogP) is 2.00. The van der Waals surface area contributed by atoms with Crippen LogP contribution in [-0.4, -0.2) is 39.5 Å². The third-order valence-corrected chi connectivity index (χ3v) is 4.11. The molecule has 3 N–H and O–H groups in total. The number of phenols is 2. The van der Waals surface area contributed by atoms with Crippen molar-refractivity contribution in [2.24, 2.45) is 4.99 Å². The number of aliphatic imine (C=N–C) groups is 1. The van der Waals surface area contributed by atoms with Crippen molar-refractivity contribution >= 4 is 11.5 Å². The molecule has 23 heavy (non-hydrogen) atoms. The lowest BCUT2D eigenvalue weighted by atomic mass is 9.87. The summed E-state index contributed by atoms with van der Waals surface area (Å²) in [7, 11) is 0. The van der Waals surface area contributed by atoms with Gasteiger partial charge in [0.2, 0.25) is 0 Å². The molecular weight excluding hydrogens is 294 g/mol. The van der Waals surface area contributed by atoms with Crippen molar-refractivity contribution in [3.63, 3.8) is 0 Å². The van der Waals surface area contributed by atoms with E-state index < -0.39 is 12.6 Å². The number of ketones is 1. The highest BCUT2D eigenvalue weighted by Crippen LogP contribution is 2.38. The smallest absolute Gasteiger partial charge is 0.183 e. The van der Waals surface area contributed by atoms with Crippen molar-refractivity contribution in [2.75, 3.05) is 6.61 Å². The summed E-state index contributed by atoms with van der Waals surface area (Å²) in [4.78, 5) is 16.5. The number of hydrogen-bond donors (Lipinski definition) is 3. The normalized spacial score (nSPS) is 20.3. The number of rotatable bonds is 4. The van der Waals surface area contributed by atoms with Crippen molar-refractivity contribution < 1.29 is 20.1 Å². The van der Waals surface area contributed by atoms with Crippen LogP contribution in [0.2, 0.25) is 0 Å². The molecule has 2 atom stereocenters. The first-order valence-electron chi connectivity index (χ1n) is 7.37. The number of aliphatic hydroxyl groups excluding tert-OH is 1. The molecule has 0 radical (unpaired) electrons. The first kappa shape index (κ1) is 15.2. The Balaban J connectivity index is 1.97. The SMILES string of the molecule is O=C(CO)C1N=C(c2ccc(O)cc2)CC1c1ccccc1O. The molecule has 2 aromatic carbocycles. The van der Waals surface area contributed by atoms with Crippen molar-refractivity contribution in [1.82, 2.24) is 0 Å². The largest absolute Gasteiger partial charge is 0.508 e. The van der Waals surface area contributed by atoms with Gasteiger partial charge < -0.3 is 15.3 Å². The fourth-order valence-corrected chi connectivity index (χ4v) is 2.95. The number of aliphatic hydroxyl groups is 1. The predicted molar refractivity (Wildman–Crippen MR) is 86.0 cm³/mol. The highest BCUT2D eigenvalue weighted by molar-refractivity contribution is 6.05. The van der Waals surface area contributed by atoms with Gasteiger partial charge in [-0.25, -0.2) is 0 Å². The van der Waals surface area contributed by atoms with Gasteiger partial charge in [0.25, 0.3) is 0 Å². The standard InChI is InChI=1S/C18H17NO4/c20-10-17(23)18-14(13-3-1-2-4-16(13)22)9-15(19-18)11-5-7-12(21)8-6-11/h1-8,14,18,20-22H,9-10H2. The van der Waals surface area contributed by atoms with Gasteiger partial charge in [-0.3, -0.25) is 9.79 Å². The van der Waals surface area contributed by atoms with Crippen molar-refractivity contribution in [3.05, 3.63) is 59.7 Å². The summed E-state index contributed by atoms with van der Waals surface area (Å²) in [5.41, 5.74) is 2.19. The van der Waals surface area contributed by atoms with E-state index in [9.17, 15) is 20.1 Å². The maximum atomic E-state index is 12.1. The Labute approximate surface area is 133 Å². The average molecular weight is 311 g/mol. The molecule has 2 aromatic rings. The number of Topliss-reactive ketones (excluding diaryl/α,β-unsaturated/α-hetero) is 1. The van der Waals surface area contributed by atoms with Crippen LogP contribution in [0.5, 0.6) is 11.5 Å². The van der Waals surface area contributed by atoms with Gasteiger partial charge in [-0.15, -0.1) is 0 Å². The molecule has 0 amide bonds. The van der Waals surface area contributed by atoms with Crippen LogP contribution in [0.4, 0.5) is 0 Å². The number of hydrogen-bond acceptors (Lipinski definition) is 5. The maximum Gasteiger partial charge on any atom is 0.183 e. The van der Waals surface area contributed by atoms with Crippen molar-refractivity contribution in [2.45, 2.75) is 18.4 Å². The molecule has 0 aliphatic carbocycles. The maximum absolute atomic E-state index is 12.1.